The van der Waals surface area contributed by atoms with Crippen molar-refractivity contribution in [1.82, 2.24) is 19.4 Å². The first-order chi connectivity index (χ1) is 15.0. The van der Waals surface area contributed by atoms with Gasteiger partial charge in [-0.15, -0.1) is 0 Å². The van der Waals surface area contributed by atoms with Gasteiger partial charge in [-0.05, 0) is 36.7 Å². The Kier molecular flexibility index (Phi) is 6.43. The molecule has 1 saturated heterocycles. The van der Waals surface area contributed by atoms with E-state index in [0.29, 0.717) is 16.1 Å². The Hall–Kier alpha value is -2.64. The molecule has 0 radical (unpaired) electrons. The first kappa shape index (κ1) is 21.6. The Morgan fingerprint density at radius 2 is 1.71 bits per heavy atom. The number of para-hydroxylation sites is 2. The standard InChI is InChI=1S/C24H28N4O2S/c1-17(2)18-8-5-7-11-21(18)28-23(30)19-9-4-6-10-20(19)25-24(28)31-16-22(29)27-14-12-26(3)13-15-27/h4-11,17H,12-16H2,1-3H3. The highest BCUT2D eigenvalue weighted by molar-refractivity contribution is 7.99. The predicted octanol–water partition coefficient (Wildman–Crippen LogP) is 3.38. The Morgan fingerprint density at radius 1 is 1.03 bits per heavy atom. The molecule has 0 unspecified atom stereocenters. The number of piperazine rings is 1. The summed E-state index contributed by atoms with van der Waals surface area (Å²) in [5.74, 6) is 0.599. The minimum atomic E-state index is -0.103. The van der Waals surface area contributed by atoms with Crippen LogP contribution in [0.15, 0.2) is 58.5 Å². The summed E-state index contributed by atoms with van der Waals surface area (Å²) in [4.78, 5) is 35.3. The van der Waals surface area contributed by atoms with E-state index in [1.165, 1.54) is 11.8 Å². The van der Waals surface area contributed by atoms with Gasteiger partial charge in [-0.1, -0.05) is 55.9 Å². The van der Waals surface area contributed by atoms with Crippen LogP contribution in [0.1, 0.15) is 25.3 Å². The van der Waals surface area contributed by atoms with Gasteiger partial charge in [-0.3, -0.25) is 14.2 Å². The number of benzene rings is 2. The van der Waals surface area contributed by atoms with E-state index in [0.717, 1.165) is 37.4 Å². The van der Waals surface area contributed by atoms with E-state index in [4.69, 9.17) is 4.98 Å². The molecule has 7 heteroatoms. The normalized spacial score (nSPS) is 15.0. The maximum Gasteiger partial charge on any atom is 0.266 e. The van der Waals surface area contributed by atoms with Gasteiger partial charge >= 0.3 is 0 Å². The molecule has 31 heavy (non-hydrogen) atoms. The number of fused-ring (bicyclic) bond motifs is 1. The predicted molar refractivity (Wildman–Crippen MR) is 126 cm³/mol. The van der Waals surface area contributed by atoms with Gasteiger partial charge in [0.15, 0.2) is 5.16 Å². The minimum Gasteiger partial charge on any atom is -0.339 e. The lowest BCUT2D eigenvalue weighted by Crippen LogP contribution is -2.47. The molecule has 0 aliphatic carbocycles. The molecule has 1 aromatic heterocycles. The lowest BCUT2D eigenvalue weighted by atomic mass is 10.0. The van der Waals surface area contributed by atoms with Crippen molar-refractivity contribution in [3.8, 4) is 5.69 Å². The van der Waals surface area contributed by atoms with E-state index in [-0.39, 0.29) is 23.1 Å². The molecule has 1 aliphatic heterocycles. The topological polar surface area (TPSA) is 58.4 Å². The smallest absolute Gasteiger partial charge is 0.266 e. The fourth-order valence-electron chi connectivity index (χ4n) is 3.87. The van der Waals surface area contributed by atoms with Crippen molar-refractivity contribution in [1.29, 1.82) is 0 Å². The second kappa shape index (κ2) is 9.24. The van der Waals surface area contributed by atoms with Gasteiger partial charge in [-0.25, -0.2) is 4.98 Å². The van der Waals surface area contributed by atoms with Crippen molar-refractivity contribution in [3.05, 3.63) is 64.4 Å². The summed E-state index contributed by atoms with van der Waals surface area (Å²) in [5, 5.41) is 1.13. The van der Waals surface area contributed by atoms with Crippen LogP contribution in [-0.4, -0.2) is 64.2 Å². The fourth-order valence-corrected chi connectivity index (χ4v) is 4.78. The number of aromatic nitrogens is 2. The molecule has 1 aliphatic rings. The highest BCUT2D eigenvalue weighted by atomic mass is 32.2. The third-order valence-corrected chi connectivity index (χ3v) is 6.65. The van der Waals surface area contributed by atoms with Crippen LogP contribution in [0.5, 0.6) is 0 Å². The third kappa shape index (κ3) is 4.52. The average Bonchev–Trinajstić information content (AvgIpc) is 2.78. The second-order valence-corrected chi connectivity index (χ2v) is 9.18. The van der Waals surface area contributed by atoms with Crippen molar-refractivity contribution in [2.24, 2.45) is 0 Å². The Labute approximate surface area is 186 Å². The summed E-state index contributed by atoms with van der Waals surface area (Å²) in [6.07, 6.45) is 0. The fraction of sp³-hybridized carbons (Fsp3) is 0.375. The van der Waals surface area contributed by atoms with Gasteiger partial charge in [0.25, 0.3) is 5.56 Å². The van der Waals surface area contributed by atoms with Crippen LogP contribution in [-0.2, 0) is 4.79 Å². The number of nitrogens with zero attached hydrogens (tertiary/aromatic N) is 4. The van der Waals surface area contributed by atoms with Crippen LogP contribution in [0.25, 0.3) is 16.6 Å². The summed E-state index contributed by atoms with van der Waals surface area (Å²) in [6, 6.07) is 15.3. The Bertz CT molecular complexity index is 1150. The first-order valence-corrected chi connectivity index (χ1v) is 11.6. The molecular weight excluding hydrogens is 408 g/mol. The molecule has 0 N–H and O–H groups in total. The summed E-state index contributed by atoms with van der Waals surface area (Å²) < 4.78 is 1.68. The second-order valence-electron chi connectivity index (χ2n) is 8.24. The van der Waals surface area contributed by atoms with Crippen molar-refractivity contribution in [2.75, 3.05) is 39.0 Å². The number of rotatable bonds is 5. The summed E-state index contributed by atoms with van der Waals surface area (Å²) >= 11 is 1.34. The quantitative estimate of drug-likeness (QED) is 0.453. The van der Waals surface area contributed by atoms with E-state index in [2.05, 4.69) is 25.8 Å². The molecule has 3 aromatic rings. The van der Waals surface area contributed by atoms with E-state index in [1.807, 2.05) is 53.4 Å². The molecule has 1 fully saturated rings. The van der Waals surface area contributed by atoms with Crippen LogP contribution in [0.2, 0.25) is 0 Å². The zero-order valence-electron chi connectivity index (χ0n) is 18.2. The van der Waals surface area contributed by atoms with Crippen LogP contribution >= 0.6 is 11.8 Å². The molecule has 4 rings (SSSR count). The van der Waals surface area contributed by atoms with Gasteiger partial charge in [-0.2, -0.15) is 0 Å². The maximum absolute atomic E-state index is 13.5. The van der Waals surface area contributed by atoms with Gasteiger partial charge < -0.3 is 9.80 Å². The van der Waals surface area contributed by atoms with Crippen LogP contribution in [0, 0.1) is 0 Å². The number of thioether (sulfide) groups is 1. The molecular formula is C24H28N4O2S. The van der Waals surface area contributed by atoms with Crippen LogP contribution < -0.4 is 5.56 Å². The SMILES string of the molecule is CC(C)c1ccccc1-n1c(SCC(=O)N2CCN(C)CC2)nc2ccccc2c1=O. The highest BCUT2D eigenvalue weighted by Crippen LogP contribution is 2.27. The minimum absolute atomic E-state index is 0.0872. The summed E-state index contributed by atoms with van der Waals surface area (Å²) in [7, 11) is 2.07. The highest BCUT2D eigenvalue weighted by Gasteiger charge is 2.21. The molecule has 6 nitrogen and oxygen atoms in total. The number of amides is 1. The Morgan fingerprint density at radius 3 is 2.45 bits per heavy atom. The lowest BCUT2D eigenvalue weighted by molar-refractivity contribution is -0.129. The first-order valence-electron chi connectivity index (χ1n) is 10.7. The zero-order chi connectivity index (χ0) is 22.0. The molecule has 2 heterocycles. The van der Waals surface area contributed by atoms with Gasteiger partial charge in [0.2, 0.25) is 5.91 Å². The average molecular weight is 437 g/mol. The monoisotopic (exact) mass is 436 g/mol. The molecule has 162 valence electrons. The molecule has 0 atom stereocenters. The maximum atomic E-state index is 13.5. The van der Waals surface area contributed by atoms with E-state index in [9.17, 15) is 9.59 Å². The molecule has 0 saturated carbocycles. The molecule has 0 spiro atoms. The number of carbonyl (C=O) groups is 1. The van der Waals surface area contributed by atoms with E-state index >= 15 is 0 Å². The van der Waals surface area contributed by atoms with E-state index < -0.39 is 0 Å². The molecule has 1 amide bonds. The molecule has 0 bridgehead atoms. The van der Waals surface area contributed by atoms with Crippen molar-refractivity contribution in [3.63, 3.8) is 0 Å². The van der Waals surface area contributed by atoms with Crippen molar-refractivity contribution >= 4 is 28.6 Å². The summed E-state index contributed by atoms with van der Waals surface area (Å²) in [5.41, 5.74) is 2.46. The van der Waals surface area contributed by atoms with Crippen molar-refractivity contribution in [2.45, 2.75) is 24.9 Å². The van der Waals surface area contributed by atoms with E-state index in [1.54, 1.807) is 4.57 Å². The summed E-state index contributed by atoms with van der Waals surface area (Å²) in [6.45, 7) is 7.48. The zero-order valence-corrected chi connectivity index (χ0v) is 19.1. The third-order valence-electron chi connectivity index (χ3n) is 5.73. The van der Waals surface area contributed by atoms with Crippen LogP contribution in [0.4, 0.5) is 0 Å². The lowest BCUT2D eigenvalue weighted by Gasteiger charge is -2.32. The molecule has 2 aromatic carbocycles. The van der Waals surface area contributed by atoms with Crippen LogP contribution in [0.3, 0.4) is 0 Å². The van der Waals surface area contributed by atoms with Gasteiger partial charge in [0, 0.05) is 26.2 Å². The Balaban J connectivity index is 1.73. The number of hydrogen-bond donors (Lipinski definition) is 0. The number of hydrogen-bond acceptors (Lipinski definition) is 5. The van der Waals surface area contributed by atoms with Crippen molar-refractivity contribution < 1.29 is 4.79 Å². The van der Waals surface area contributed by atoms with Gasteiger partial charge in [0.1, 0.15) is 0 Å². The number of carbonyl (C=O) groups excluding carboxylic acids is 1. The van der Waals surface area contributed by atoms with Gasteiger partial charge in [0.05, 0.1) is 22.3 Å². The largest absolute Gasteiger partial charge is 0.339 e. The number of likely N-dealkylation sites (N-methyl/N-ethyl adjacent to an activating group) is 1.